The standard InChI is InChI=1S/C29H48N4O2/c1-5-9-11-13-21-30-27(34)23-15-17-25(32-23)29(19-7-3,20-8-4)26-18-16-24(33-26)28(35)31-22-14-12-10-6-2/h15-18,32-33H,5-14,19-22H2,1-4H3,(H,30,34)(H,31,35). The van der Waals surface area contributed by atoms with Crippen LogP contribution in [-0.4, -0.2) is 34.9 Å². The second-order valence-electron chi connectivity index (χ2n) is 9.79. The van der Waals surface area contributed by atoms with Gasteiger partial charge in [0.15, 0.2) is 0 Å². The Hall–Kier alpha value is -2.50. The number of aromatic nitrogens is 2. The second-order valence-corrected chi connectivity index (χ2v) is 9.79. The van der Waals surface area contributed by atoms with E-state index in [2.05, 4.69) is 48.3 Å². The fraction of sp³-hybridized carbons (Fsp3) is 0.655. The van der Waals surface area contributed by atoms with Gasteiger partial charge < -0.3 is 20.6 Å². The number of hydrogen-bond donors (Lipinski definition) is 4. The molecule has 0 fully saturated rings. The Labute approximate surface area is 212 Å². The van der Waals surface area contributed by atoms with Gasteiger partial charge in [-0.15, -0.1) is 0 Å². The van der Waals surface area contributed by atoms with Crippen molar-refractivity contribution in [1.29, 1.82) is 0 Å². The Balaban J connectivity index is 2.16. The molecule has 35 heavy (non-hydrogen) atoms. The molecule has 0 aromatic carbocycles. The number of carbonyl (C=O) groups is 2. The lowest BCUT2D eigenvalue weighted by Crippen LogP contribution is -2.30. The summed E-state index contributed by atoms with van der Waals surface area (Å²) >= 11 is 0. The minimum atomic E-state index is -0.289. The van der Waals surface area contributed by atoms with Crippen LogP contribution in [0, 0.1) is 0 Å². The van der Waals surface area contributed by atoms with Crippen LogP contribution in [0.4, 0.5) is 0 Å². The molecule has 2 amide bonds. The minimum absolute atomic E-state index is 0.0516. The molecule has 0 saturated heterocycles. The van der Waals surface area contributed by atoms with Crippen LogP contribution in [0.1, 0.15) is 137 Å². The van der Waals surface area contributed by atoms with Gasteiger partial charge in [-0.3, -0.25) is 9.59 Å². The predicted molar refractivity (Wildman–Crippen MR) is 145 cm³/mol. The average molecular weight is 485 g/mol. The van der Waals surface area contributed by atoms with Crippen molar-refractivity contribution in [2.75, 3.05) is 13.1 Å². The number of H-pyrrole nitrogens is 2. The predicted octanol–water partition coefficient (Wildman–Crippen LogP) is 6.85. The quantitative estimate of drug-likeness (QED) is 0.174. The van der Waals surface area contributed by atoms with Gasteiger partial charge in [-0.1, -0.05) is 79.1 Å². The highest BCUT2D eigenvalue weighted by molar-refractivity contribution is 5.93. The maximum absolute atomic E-state index is 12.7. The first kappa shape index (κ1) is 28.7. The molecule has 0 aliphatic rings. The highest BCUT2D eigenvalue weighted by Gasteiger charge is 2.36. The molecule has 0 saturated carbocycles. The molecule has 2 aromatic heterocycles. The van der Waals surface area contributed by atoms with Gasteiger partial charge in [-0.25, -0.2) is 0 Å². The van der Waals surface area contributed by atoms with Crippen LogP contribution in [0.15, 0.2) is 24.3 Å². The van der Waals surface area contributed by atoms with Crippen molar-refractivity contribution in [2.45, 2.75) is 110 Å². The maximum atomic E-state index is 12.7. The van der Waals surface area contributed by atoms with Crippen molar-refractivity contribution in [3.63, 3.8) is 0 Å². The smallest absolute Gasteiger partial charge is 0.267 e. The van der Waals surface area contributed by atoms with E-state index >= 15 is 0 Å². The highest BCUT2D eigenvalue weighted by Crippen LogP contribution is 2.40. The van der Waals surface area contributed by atoms with E-state index in [1.54, 1.807) is 0 Å². The fourth-order valence-corrected chi connectivity index (χ4v) is 4.97. The zero-order chi connectivity index (χ0) is 25.5. The molecular weight excluding hydrogens is 436 g/mol. The zero-order valence-corrected chi connectivity index (χ0v) is 22.5. The molecule has 0 bridgehead atoms. The monoisotopic (exact) mass is 484 g/mol. The molecule has 0 radical (unpaired) electrons. The van der Waals surface area contributed by atoms with Gasteiger partial charge in [0, 0.05) is 24.5 Å². The van der Waals surface area contributed by atoms with E-state index in [9.17, 15) is 9.59 Å². The molecule has 0 aliphatic heterocycles. The minimum Gasteiger partial charge on any atom is -0.354 e. The second kappa shape index (κ2) is 15.5. The third kappa shape index (κ3) is 8.29. The number of unbranched alkanes of at least 4 members (excludes halogenated alkanes) is 6. The SMILES string of the molecule is CCCCCCNC(=O)c1ccc(C(CCC)(CCC)c2ccc(C(=O)NCCCCCC)[nH]2)[nH]1. The molecule has 2 aromatic rings. The van der Waals surface area contributed by atoms with E-state index in [1.165, 1.54) is 25.7 Å². The highest BCUT2D eigenvalue weighted by atomic mass is 16.2. The Morgan fingerprint density at radius 3 is 1.43 bits per heavy atom. The number of aromatic amines is 2. The molecule has 2 rings (SSSR count). The third-order valence-corrected chi connectivity index (χ3v) is 6.88. The summed E-state index contributed by atoms with van der Waals surface area (Å²) in [6.45, 7) is 10.2. The van der Waals surface area contributed by atoms with Gasteiger partial charge in [0.1, 0.15) is 11.4 Å². The summed E-state index contributed by atoms with van der Waals surface area (Å²) in [5.41, 5.74) is 2.98. The molecule has 6 nitrogen and oxygen atoms in total. The van der Waals surface area contributed by atoms with Crippen LogP contribution in [0.3, 0.4) is 0 Å². The number of carbonyl (C=O) groups excluding carboxylic acids is 2. The summed E-state index contributed by atoms with van der Waals surface area (Å²) < 4.78 is 0. The summed E-state index contributed by atoms with van der Waals surface area (Å²) in [4.78, 5) is 32.3. The van der Waals surface area contributed by atoms with E-state index < -0.39 is 0 Å². The van der Waals surface area contributed by atoms with Crippen LogP contribution < -0.4 is 10.6 Å². The van der Waals surface area contributed by atoms with Gasteiger partial charge in [-0.05, 0) is 49.9 Å². The van der Waals surface area contributed by atoms with E-state index in [1.807, 2.05) is 24.3 Å². The maximum Gasteiger partial charge on any atom is 0.267 e. The summed E-state index contributed by atoms with van der Waals surface area (Å²) in [6.07, 6.45) is 12.9. The number of amides is 2. The average Bonchev–Trinajstić information content (AvgIpc) is 3.54. The van der Waals surface area contributed by atoms with Crippen molar-refractivity contribution in [1.82, 2.24) is 20.6 Å². The molecule has 196 valence electrons. The number of rotatable bonds is 18. The van der Waals surface area contributed by atoms with Crippen LogP contribution >= 0.6 is 0 Å². The van der Waals surface area contributed by atoms with Gasteiger partial charge in [-0.2, -0.15) is 0 Å². The van der Waals surface area contributed by atoms with Crippen molar-refractivity contribution >= 4 is 11.8 Å². The van der Waals surface area contributed by atoms with Gasteiger partial charge in [0.25, 0.3) is 11.8 Å². The van der Waals surface area contributed by atoms with E-state index in [0.29, 0.717) is 24.5 Å². The summed E-state index contributed by atoms with van der Waals surface area (Å²) in [5, 5.41) is 6.09. The normalized spacial score (nSPS) is 11.5. The van der Waals surface area contributed by atoms with Gasteiger partial charge >= 0.3 is 0 Å². The molecule has 0 aliphatic carbocycles. The van der Waals surface area contributed by atoms with E-state index in [4.69, 9.17) is 0 Å². The molecule has 6 heteroatoms. The number of hydrogen-bond acceptors (Lipinski definition) is 2. The molecule has 0 atom stereocenters. The Bertz CT molecular complexity index is 811. The van der Waals surface area contributed by atoms with Crippen LogP contribution in [0.2, 0.25) is 0 Å². The topological polar surface area (TPSA) is 89.8 Å². The zero-order valence-electron chi connectivity index (χ0n) is 22.5. The fourth-order valence-electron chi connectivity index (χ4n) is 4.97. The van der Waals surface area contributed by atoms with Crippen molar-refractivity contribution < 1.29 is 9.59 Å². The largest absolute Gasteiger partial charge is 0.354 e. The Morgan fingerprint density at radius 2 is 1.06 bits per heavy atom. The third-order valence-electron chi connectivity index (χ3n) is 6.88. The van der Waals surface area contributed by atoms with Crippen molar-refractivity contribution in [2.24, 2.45) is 0 Å². The van der Waals surface area contributed by atoms with Gasteiger partial charge in [0.2, 0.25) is 0 Å². The molecule has 0 unspecified atom stereocenters. The summed E-state index contributed by atoms with van der Waals surface area (Å²) in [7, 11) is 0. The Kier molecular flexibility index (Phi) is 12.7. The lowest BCUT2D eigenvalue weighted by molar-refractivity contribution is 0.0940. The lowest BCUT2D eigenvalue weighted by Gasteiger charge is -2.32. The number of nitrogens with one attached hydrogen (secondary N) is 4. The molecule has 2 heterocycles. The van der Waals surface area contributed by atoms with E-state index in [-0.39, 0.29) is 17.2 Å². The molecular formula is C29H48N4O2. The molecule has 4 N–H and O–H groups in total. The molecule has 0 spiro atoms. The van der Waals surface area contributed by atoms with E-state index in [0.717, 1.165) is 62.8 Å². The Morgan fingerprint density at radius 1 is 0.629 bits per heavy atom. The first-order chi connectivity index (χ1) is 17.0. The van der Waals surface area contributed by atoms with Crippen LogP contribution in [0.5, 0.6) is 0 Å². The lowest BCUT2D eigenvalue weighted by atomic mass is 9.74. The van der Waals surface area contributed by atoms with Gasteiger partial charge in [0.05, 0.1) is 5.41 Å². The summed E-state index contributed by atoms with van der Waals surface area (Å²) in [6, 6.07) is 7.88. The van der Waals surface area contributed by atoms with Crippen LogP contribution in [-0.2, 0) is 5.41 Å². The van der Waals surface area contributed by atoms with Crippen molar-refractivity contribution in [3.05, 3.63) is 47.0 Å². The first-order valence-corrected chi connectivity index (χ1v) is 14.0. The van der Waals surface area contributed by atoms with Crippen LogP contribution in [0.25, 0.3) is 0 Å². The van der Waals surface area contributed by atoms with Crippen molar-refractivity contribution in [3.8, 4) is 0 Å². The summed E-state index contributed by atoms with van der Waals surface area (Å²) in [5.74, 6) is -0.103. The first-order valence-electron chi connectivity index (χ1n) is 14.0.